The molecule has 2 aromatic rings. The summed E-state index contributed by atoms with van der Waals surface area (Å²) >= 11 is 0. The van der Waals surface area contributed by atoms with Crippen molar-refractivity contribution in [3.8, 4) is 0 Å². The topological polar surface area (TPSA) is 37.4 Å². The maximum Gasteiger partial charge on any atom is 0.245 e. The van der Waals surface area contributed by atoms with E-state index in [9.17, 15) is 9.59 Å². The number of para-hydroxylation sites is 2. The lowest BCUT2D eigenvalue weighted by atomic mass is 9.70. The Morgan fingerprint density at radius 2 is 1.72 bits per heavy atom. The van der Waals surface area contributed by atoms with E-state index in [4.69, 9.17) is 0 Å². The molecule has 0 bridgehead atoms. The SMILES string of the molecule is C=CCC1(CCCC)C(=O)c2ccccc2N(c2ccccc2)C1=O. The third-order valence-electron chi connectivity index (χ3n) is 4.90. The fourth-order valence-corrected chi connectivity index (χ4v) is 3.60. The van der Waals surface area contributed by atoms with Crippen LogP contribution in [-0.4, -0.2) is 11.7 Å². The van der Waals surface area contributed by atoms with Gasteiger partial charge in [0.15, 0.2) is 5.78 Å². The maximum absolute atomic E-state index is 13.6. The Morgan fingerprint density at radius 3 is 2.40 bits per heavy atom. The highest BCUT2D eigenvalue weighted by Crippen LogP contribution is 2.46. The number of rotatable bonds is 6. The van der Waals surface area contributed by atoms with E-state index in [0.717, 1.165) is 18.5 Å². The molecule has 2 aromatic carbocycles. The number of hydrogen-bond acceptors (Lipinski definition) is 2. The summed E-state index contributed by atoms with van der Waals surface area (Å²) in [7, 11) is 0. The van der Waals surface area contributed by atoms with Crippen LogP contribution in [0, 0.1) is 5.41 Å². The quantitative estimate of drug-likeness (QED) is 0.531. The Labute approximate surface area is 149 Å². The number of Topliss-reactive ketones (excluding diaryl/α,β-unsaturated/α-hetero) is 1. The van der Waals surface area contributed by atoms with Gasteiger partial charge in [0, 0.05) is 11.3 Å². The van der Waals surface area contributed by atoms with Crippen LogP contribution >= 0.6 is 0 Å². The number of benzene rings is 2. The second-order valence-electron chi connectivity index (χ2n) is 6.50. The highest BCUT2D eigenvalue weighted by atomic mass is 16.2. The minimum Gasteiger partial charge on any atom is -0.293 e. The number of anilines is 2. The molecule has 0 fully saturated rings. The maximum atomic E-state index is 13.6. The first-order valence-corrected chi connectivity index (χ1v) is 8.80. The fraction of sp³-hybridized carbons (Fsp3) is 0.273. The fourth-order valence-electron chi connectivity index (χ4n) is 3.60. The molecule has 1 aliphatic heterocycles. The molecule has 1 aliphatic rings. The standard InChI is InChI=1S/C22H23NO2/c1-3-5-16-22(15-4-2)20(24)18-13-9-10-14-19(18)23(21(22)25)17-11-7-6-8-12-17/h4,6-14H,2-3,5,15-16H2,1H3. The number of carbonyl (C=O) groups is 2. The van der Waals surface area contributed by atoms with Crippen molar-refractivity contribution >= 4 is 23.1 Å². The highest BCUT2D eigenvalue weighted by molar-refractivity contribution is 6.27. The van der Waals surface area contributed by atoms with Crippen molar-refractivity contribution in [1.82, 2.24) is 0 Å². The van der Waals surface area contributed by atoms with Crippen LogP contribution in [0.25, 0.3) is 0 Å². The van der Waals surface area contributed by atoms with Gasteiger partial charge in [-0.2, -0.15) is 0 Å². The number of carbonyl (C=O) groups excluding carboxylic acids is 2. The number of fused-ring (bicyclic) bond motifs is 1. The molecule has 0 saturated heterocycles. The normalized spacial score (nSPS) is 19.6. The number of ketones is 1. The molecule has 25 heavy (non-hydrogen) atoms. The number of hydrogen-bond donors (Lipinski definition) is 0. The van der Waals surface area contributed by atoms with Crippen molar-refractivity contribution in [2.24, 2.45) is 5.41 Å². The van der Waals surface area contributed by atoms with E-state index < -0.39 is 5.41 Å². The molecule has 0 spiro atoms. The van der Waals surface area contributed by atoms with Crippen LogP contribution < -0.4 is 4.90 Å². The van der Waals surface area contributed by atoms with Gasteiger partial charge in [0.2, 0.25) is 5.91 Å². The smallest absolute Gasteiger partial charge is 0.245 e. The lowest BCUT2D eigenvalue weighted by Gasteiger charge is -2.41. The molecule has 0 aromatic heterocycles. The summed E-state index contributed by atoms with van der Waals surface area (Å²) in [6, 6.07) is 16.9. The number of allylic oxidation sites excluding steroid dienone is 1. The third kappa shape index (κ3) is 2.80. The Bertz CT molecular complexity index is 797. The van der Waals surface area contributed by atoms with E-state index >= 15 is 0 Å². The zero-order chi connectivity index (χ0) is 17.9. The summed E-state index contributed by atoms with van der Waals surface area (Å²) < 4.78 is 0. The molecule has 1 atom stereocenters. The lowest BCUT2D eigenvalue weighted by Crippen LogP contribution is -2.51. The molecular weight excluding hydrogens is 310 g/mol. The predicted octanol–water partition coefficient (Wildman–Crippen LogP) is 5.30. The van der Waals surface area contributed by atoms with Crippen molar-refractivity contribution in [3.63, 3.8) is 0 Å². The molecule has 1 amide bonds. The molecule has 0 N–H and O–H groups in total. The van der Waals surface area contributed by atoms with Gasteiger partial charge in [-0.25, -0.2) is 0 Å². The average Bonchev–Trinajstić information content (AvgIpc) is 2.65. The third-order valence-corrected chi connectivity index (χ3v) is 4.90. The van der Waals surface area contributed by atoms with Gasteiger partial charge in [-0.15, -0.1) is 6.58 Å². The summed E-state index contributed by atoms with van der Waals surface area (Å²) in [6.07, 6.45) is 4.37. The average molecular weight is 333 g/mol. The van der Waals surface area contributed by atoms with E-state index in [1.165, 1.54) is 0 Å². The van der Waals surface area contributed by atoms with Crippen LogP contribution in [0.5, 0.6) is 0 Å². The van der Waals surface area contributed by atoms with Crippen LogP contribution in [0.2, 0.25) is 0 Å². The molecule has 128 valence electrons. The van der Waals surface area contributed by atoms with Gasteiger partial charge in [0.05, 0.1) is 5.69 Å². The predicted molar refractivity (Wildman–Crippen MR) is 101 cm³/mol. The Morgan fingerprint density at radius 1 is 1.04 bits per heavy atom. The van der Waals surface area contributed by atoms with Gasteiger partial charge in [0.25, 0.3) is 0 Å². The minimum atomic E-state index is -1.05. The van der Waals surface area contributed by atoms with Gasteiger partial charge >= 0.3 is 0 Å². The van der Waals surface area contributed by atoms with Crippen molar-refractivity contribution in [2.75, 3.05) is 4.90 Å². The van der Waals surface area contributed by atoms with Crippen LogP contribution in [0.4, 0.5) is 11.4 Å². The summed E-state index contributed by atoms with van der Waals surface area (Å²) in [6.45, 7) is 5.88. The van der Waals surface area contributed by atoms with Crippen molar-refractivity contribution in [3.05, 3.63) is 72.8 Å². The Balaban J connectivity index is 2.22. The lowest BCUT2D eigenvalue weighted by molar-refractivity contribution is -0.125. The summed E-state index contributed by atoms with van der Waals surface area (Å²) in [5, 5.41) is 0. The van der Waals surface area contributed by atoms with E-state index in [0.29, 0.717) is 24.1 Å². The van der Waals surface area contributed by atoms with Crippen LogP contribution in [0.15, 0.2) is 67.3 Å². The highest BCUT2D eigenvalue weighted by Gasteiger charge is 2.51. The molecule has 1 heterocycles. The molecule has 3 heteroatoms. The molecule has 1 unspecified atom stereocenters. The van der Waals surface area contributed by atoms with Crippen molar-refractivity contribution in [1.29, 1.82) is 0 Å². The van der Waals surface area contributed by atoms with Gasteiger partial charge in [-0.05, 0) is 37.1 Å². The Kier molecular flexibility index (Phi) is 4.84. The summed E-state index contributed by atoms with van der Waals surface area (Å²) in [4.78, 5) is 28.6. The van der Waals surface area contributed by atoms with Gasteiger partial charge in [0.1, 0.15) is 5.41 Å². The Hall–Kier alpha value is -2.68. The monoisotopic (exact) mass is 333 g/mol. The van der Waals surface area contributed by atoms with Crippen LogP contribution in [-0.2, 0) is 4.79 Å². The first-order valence-electron chi connectivity index (χ1n) is 8.80. The number of unbranched alkanes of at least 4 members (excludes halogenated alkanes) is 1. The van der Waals surface area contributed by atoms with Crippen molar-refractivity contribution in [2.45, 2.75) is 32.6 Å². The summed E-state index contributed by atoms with van der Waals surface area (Å²) in [5.41, 5.74) is 1.02. The van der Waals surface area contributed by atoms with E-state index in [2.05, 4.69) is 13.5 Å². The largest absolute Gasteiger partial charge is 0.293 e. The second kappa shape index (κ2) is 7.06. The molecular formula is C22H23NO2. The number of amides is 1. The van der Waals surface area contributed by atoms with Crippen LogP contribution in [0.1, 0.15) is 43.0 Å². The number of nitrogens with zero attached hydrogens (tertiary/aromatic N) is 1. The molecule has 3 rings (SSSR count). The van der Waals surface area contributed by atoms with Crippen molar-refractivity contribution < 1.29 is 9.59 Å². The zero-order valence-corrected chi connectivity index (χ0v) is 14.6. The molecule has 0 saturated carbocycles. The summed E-state index contributed by atoms with van der Waals surface area (Å²) in [5.74, 6) is -0.218. The minimum absolute atomic E-state index is 0.0753. The van der Waals surface area contributed by atoms with E-state index in [1.54, 1.807) is 11.0 Å². The van der Waals surface area contributed by atoms with Gasteiger partial charge in [-0.1, -0.05) is 56.2 Å². The zero-order valence-electron chi connectivity index (χ0n) is 14.6. The first kappa shape index (κ1) is 17.2. The molecule has 0 aliphatic carbocycles. The molecule has 0 radical (unpaired) electrons. The first-order chi connectivity index (χ1) is 12.2. The van der Waals surface area contributed by atoms with Gasteiger partial charge in [-0.3, -0.25) is 14.5 Å². The van der Waals surface area contributed by atoms with E-state index in [1.807, 2.05) is 54.6 Å². The second-order valence-corrected chi connectivity index (χ2v) is 6.50. The van der Waals surface area contributed by atoms with Crippen LogP contribution in [0.3, 0.4) is 0 Å². The van der Waals surface area contributed by atoms with Gasteiger partial charge < -0.3 is 0 Å². The van der Waals surface area contributed by atoms with E-state index in [-0.39, 0.29) is 11.7 Å². The molecule has 3 nitrogen and oxygen atoms in total.